The number of benzene rings is 1. The van der Waals surface area contributed by atoms with Gasteiger partial charge in [-0.25, -0.2) is 0 Å². The highest BCUT2D eigenvalue weighted by atomic mass is 16.2. The largest absolute Gasteiger partial charge is 0.354 e. The summed E-state index contributed by atoms with van der Waals surface area (Å²) < 4.78 is 0. The van der Waals surface area contributed by atoms with Gasteiger partial charge in [0.15, 0.2) is 0 Å². The Morgan fingerprint density at radius 2 is 2.10 bits per heavy atom. The first-order chi connectivity index (χ1) is 10.1. The zero-order valence-electron chi connectivity index (χ0n) is 12.3. The Kier molecular flexibility index (Phi) is 7.11. The van der Waals surface area contributed by atoms with Crippen molar-refractivity contribution in [1.29, 1.82) is 10.8 Å². The molecule has 1 atom stereocenters. The van der Waals surface area contributed by atoms with E-state index in [0.717, 1.165) is 24.7 Å². The van der Waals surface area contributed by atoms with Gasteiger partial charge in [-0.3, -0.25) is 15.6 Å². The zero-order valence-corrected chi connectivity index (χ0v) is 12.3. The first-order valence-corrected chi connectivity index (χ1v) is 7.03. The van der Waals surface area contributed by atoms with E-state index >= 15 is 0 Å². The van der Waals surface area contributed by atoms with Crippen LogP contribution in [0.4, 0.5) is 0 Å². The summed E-state index contributed by atoms with van der Waals surface area (Å²) in [6, 6.07) is 8.41. The van der Waals surface area contributed by atoms with E-state index in [1.165, 1.54) is 4.90 Å². The number of rotatable bonds is 8. The van der Waals surface area contributed by atoms with Crippen LogP contribution in [0.15, 0.2) is 30.3 Å². The van der Waals surface area contributed by atoms with Crippen LogP contribution >= 0.6 is 0 Å². The summed E-state index contributed by atoms with van der Waals surface area (Å²) in [4.78, 5) is 13.2. The van der Waals surface area contributed by atoms with Crippen molar-refractivity contribution in [3.8, 4) is 0 Å². The molecule has 0 fully saturated rings. The number of amides is 1. The Morgan fingerprint density at radius 1 is 1.43 bits per heavy atom. The van der Waals surface area contributed by atoms with E-state index < -0.39 is 6.04 Å². The molecule has 0 aromatic heterocycles. The second kappa shape index (κ2) is 8.86. The molecule has 1 rings (SSSR count). The number of hydrogen-bond donors (Lipinski definition) is 4. The summed E-state index contributed by atoms with van der Waals surface area (Å²) in [5.41, 5.74) is 6.74. The van der Waals surface area contributed by atoms with E-state index in [9.17, 15) is 4.79 Å². The van der Waals surface area contributed by atoms with E-state index in [0.29, 0.717) is 13.1 Å². The van der Waals surface area contributed by atoms with Gasteiger partial charge in [-0.1, -0.05) is 43.7 Å². The van der Waals surface area contributed by atoms with E-state index in [1.54, 1.807) is 0 Å². The van der Waals surface area contributed by atoms with Crippen molar-refractivity contribution in [2.45, 2.75) is 32.4 Å². The maximum Gasteiger partial charge on any atom is 0.244 e. The van der Waals surface area contributed by atoms with Crippen LogP contribution in [0.5, 0.6) is 0 Å². The van der Waals surface area contributed by atoms with Crippen molar-refractivity contribution in [2.75, 3.05) is 6.54 Å². The van der Waals surface area contributed by atoms with Crippen LogP contribution in [-0.4, -0.2) is 35.6 Å². The fourth-order valence-corrected chi connectivity index (χ4v) is 1.78. The molecule has 0 radical (unpaired) electrons. The van der Waals surface area contributed by atoms with Crippen LogP contribution in [0.3, 0.4) is 0 Å². The molecule has 0 aliphatic heterocycles. The maximum absolute atomic E-state index is 11.9. The normalized spacial score (nSPS) is 11.5. The summed E-state index contributed by atoms with van der Waals surface area (Å²) >= 11 is 0. The molecule has 0 saturated heterocycles. The van der Waals surface area contributed by atoms with Gasteiger partial charge < -0.3 is 16.0 Å². The lowest BCUT2D eigenvalue weighted by Gasteiger charge is -2.23. The van der Waals surface area contributed by atoms with Crippen LogP contribution in [0.1, 0.15) is 25.3 Å². The first-order valence-electron chi connectivity index (χ1n) is 7.03. The first kappa shape index (κ1) is 16.8. The number of nitrogens with one attached hydrogen (secondary N) is 3. The Balaban J connectivity index is 2.61. The minimum atomic E-state index is -1.06. The van der Waals surface area contributed by atoms with Gasteiger partial charge in [-0.2, -0.15) is 0 Å². The summed E-state index contributed by atoms with van der Waals surface area (Å²) in [7, 11) is 0. The Bertz CT molecular complexity index is 474. The summed E-state index contributed by atoms with van der Waals surface area (Å²) in [6.07, 6.45) is 2.88. The lowest BCUT2D eigenvalue weighted by Crippen LogP contribution is -2.51. The fourth-order valence-electron chi connectivity index (χ4n) is 1.78. The molecule has 0 aliphatic rings. The van der Waals surface area contributed by atoms with Gasteiger partial charge in [0.05, 0.1) is 12.9 Å². The van der Waals surface area contributed by atoms with E-state index in [1.807, 2.05) is 37.3 Å². The van der Waals surface area contributed by atoms with E-state index in [4.69, 9.17) is 16.6 Å². The molecule has 5 N–H and O–H groups in total. The summed E-state index contributed by atoms with van der Waals surface area (Å²) in [6.45, 7) is 2.93. The average Bonchev–Trinajstić information content (AvgIpc) is 2.52. The number of amidine groups is 1. The van der Waals surface area contributed by atoms with Crippen LogP contribution < -0.4 is 11.1 Å². The molecule has 0 aliphatic carbocycles. The molecule has 114 valence electrons. The molecule has 1 aromatic rings. The topological polar surface area (TPSA) is 106 Å². The van der Waals surface area contributed by atoms with Gasteiger partial charge in [0.25, 0.3) is 0 Å². The van der Waals surface area contributed by atoms with Gasteiger partial charge in [0.2, 0.25) is 5.91 Å². The van der Waals surface area contributed by atoms with Gasteiger partial charge in [0.1, 0.15) is 11.9 Å². The predicted molar refractivity (Wildman–Crippen MR) is 84.4 cm³/mol. The van der Waals surface area contributed by atoms with Gasteiger partial charge >= 0.3 is 0 Å². The minimum absolute atomic E-state index is 0.0807. The van der Waals surface area contributed by atoms with Crippen LogP contribution in [0.2, 0.25) is 0 Å². The predicted octanol–water partition coefficient (Wildman–Crippen LogP) is 1.32. The van der Waals surface area contributed by atoms with Crippen LogP contribution in [0.25, 0.3) is 0 Å². The maximum atomic E-state index is 11.9. The van der Waals surface area contributed by atoms with Gasteiger partial charge in [0, 0.05) is 6.54 Å². The molecule has 0 heterocycles. The van der Waals surface area contributed by atoms with Crippen molar-refractivity contribution in [2.24, 2.45) is 5.73 Å². The lowest BCUT2D eigenvalue weighted by molar-refractivity contribution is -0.121. The lowest BCUT2D eigenvalue weighted by atomic mass is 10.2. The zero-order chi connectivity index (χ0) is 15.7. The number of nitrogens with two attached hydrogens (primary N) is 1. The number of carbonyl (C=O) groups excluding carboxylic acids is 1. The number of unbranched alkanes of at least 4 members (excludes halogenated alkanes) is 1. The van der Waals surface area contributed by atoms with E-state index in [2.05, 4.69) is 5.32 Å². The van der Waals surface area contributed by atoms with Crippen molar-refractivity contribution in [1.82, 2.24) is 10.2 Å². The molecular formula is C15H23N5O. The fraction of sp³-hybridized carbons (Fsp3) is 0.400. The third-order valence-electron chi connectivity index (χ3n) is 3.07. The molecule has 6 heteroatoms. The van der Waals surface area contributed by atoms with Crippen molar-refractivity contribution < 1.29 is 4.79 Å². The molecule has 0 bridgehead atoms. The Morgan fingerprint density at radius 3 is 2.67 bits per heavy atom. The average molecular weight is 289 g/mol. The molecule has 1 amide bonds. The third-order valence-corrected chi connectivity index (χ3v) is 3.07. The van der Waals surface area contributed by atoms with Crippen molar-refractivity contribution in [3.63, 3.8) is 0 Å². The molecular weight excluding hydrogens is 266 g/mol. The minimum Gasteiger partial charge on any atom is -0.354 e. The molecule has 0 spiro atoms. The highest BCUT2D eigenvalue weighted by molar-refractivity contribution is 6.08. The van der Waals surface area contributed by atoms with Gasteiger partial charge in [-0.15, -0.1) is 0 Å². The van der Waals surface area contributed by atoms with Crippen LogP contribution in [-0.2, 0) is 11.3 Å². The van der Waals surface area contributed by atoms with Crippen molar-refractivity contribution in [3.05, 3.63) is 35.9 Å². The van der Waals surface area contributed by atoms with Crippen LogP contribution in [0, 0.1) is 10.8 Å². The molecule has 0 saturated carbocycles. The smallest absolute Gasteiger partial charge is 0.244 e. The molecule has 1 unspecified atom stereocenters. The quantitative estimate of drug-likeness (QED) is 0.329. The number of hydrogen-bond acceptors (Lipinski definition) is 4. The highest BCUT2D eigenvalue weighted by Gasteiger charge is 2.22. The number of nitrogens with zero attached hydrogens (tertiary/aromatic N) is 1. The Hall–Kier alpha value is -2.21. The summed E-state index contributed by atoms with van der Waals surface area (Å²) in [5, 5.41) is 18.1. The van der Waals surface area contributed by atoms with E-state index in [-0.39, 0.29) is 11.7 Å². The second-order valence-electron chi connectivity index (χ2n) is 4.75. The van der Waals surface area contributed by atoms with Crippen molar-refractivity contribution >= 4 is 18.1 Å². The standard InChI is InChI=1S/C15H23N5O/c1-2-3-9-19-15(21)13(17)14(18)20(11-16)10-12-7-5-4-6-8-12/h4-8,11,13,16,18H,2-3,9-10,17H2,1H3,(H,19,21). The molecule has 21 heavy (non-hydrogen) atoms. The molecule has 1 aromatic carbocycles. The van der Waals surface area contributed by atoms with Gasteiger partial charge in [-0.05, 0) is 12.0 Å². The molecule has 6 nitrogen and oxygen atoms in total. The SMILES string of the molecule is CCCCNC(=O)C(N)C(=N)N(C=N)Cc1ccccc1. The monoisotopic (exact) mass is 289 g/mol. The number of carbonyl (C=O) groups is 1. The summed E-state index contributed by atoms with van der Waals surface area (Å²) in [5.74, 6) is -0.462. The highest BCUT2D eigenvalue weighted by Crippen LogP contribution is 2.04. The third kappa shape index (κ3) is 5.35. The second-order valence-corrected chi connectivity index (χ2v) is 4.75. The Labute approximate surface area is 125 Å².